The molecule has 1 amide bonds. The first-order valence-corrected chi connectivity index (χ1v) is 8.66. The number of carbonyl (C=O) groups excluding carboxylic acids is 1. The predicted molar refractivity (Wildman–Crippen MR) is 102 cm³/mol. The van der Waals surface area contributed by atoms with E-state index in [2.05, 4.69) is 10.3 Å². The minimum Gasteiger partial charge on any atom is -0.443 e. The molecule has 1 N–H and O–H groups in total. The van der Waals surface area contributed by atoms with Crippen molar-refractivity contribution in [3.8, 4) is 11.3 Å². The first-order chi connectivity index (χ1) is 13.2. The molecule has 0 fully saturated rings. The van der Waals surface area contributed by atoms with E-state index in [1.807, 2.05) is 42.5 Å². The zero-order valence-electron chi connectivity index (χ0n) is 14.5. The number of amides is 1. The maximum atomic E-state index is 12.9. The highest BCUT2D eigenvalue weighted by Crippen LogP contribution is 2.27. The van der Waals surface area contributed by atoms with Gasteiger partial charge in [0, 0.05) is 12.1 Å². The maximum absolute atomic E-state index is 12.9. The van der Waals surface area contributed by atoms with Crippen LogP contribution in [0.15, 0.2) is 77.5 Å². The lowest BCUT2D eigenvalue weighted by Gasteiger charge is -2.06. The molecule has 4 aromatic rings. The van der Waals surface area contributed by atoms with Crippen LogP contribution < -0.4 is 5.32 Å². The van der Waals surface area contributed by atoms with Crippen LogP contribution >= 0.6 is 0 Å². The van der Waals surface area contributed by atoms with E-state index in [-0.39, 0.29) is 17.4 Å². The molecule has 1 aromatic heterocycles. The van der Waals surface area contributed by atoms with E-state index >= 15 is 0 Å². The molecule has 4 nitrogen and oxygen atoms in total. The van der Waals surface area contributed by atoms with Crippen molar-refractivity contribution >= 4 is 16.7 Å². The fourth-order valence-electron chi connectivity index (χ4n) is 3.00. The number of nitrogens with one attached hydrogen (secondary N) is 1. The van der Waals surface area contributed by atoms with E-state index in [9.17, 15) is 9.18 Å². The summed E-state index contributed by atoms with van der Waals surface area (Å²) in [4.78, 5) is 16.6. The summed E-state index contributed by atoms with van der Waals surface area (Å²) in [7, 11) is 0. The molecule has 0 atom stereocenters. The Morgan fingerprint density at radius 2 is 1.78 bits per heavy atom. The summed E-state index contributed by atoms with van der Waals surface area (Å²) in [5.41, 5.74) is 2.01. The Morgan fingerprint density at radius 1 is 1.00 bits per heavy atom. The van der Waals surface area contributed by atoms with Crippen molar-refractivity contribution < 1.29 is 13.6 Å². The number of hydrogen-bond acceptors (Lipinski definition) is 3. The van der Waals surface area contributed by atoms with Crippen LogP contribution in [0.3, 0.4) is 0 Å². The van der Waals surface area contributed by atoms with Gasteiger partial charge < -0.3 is 9.73 Å². The zero-order valence-corrected chi connectivity index (χ0v) is 14.5. The Balaban J connectivity index is 1.48. The number of hydrogen-bond donors (Lipinski definition) is 1. The number of benzene rings is 3. The van der Waals surface area contributed by atoms with Gasteiger partial charge in [0.15, 0.2) is 17.8 Å². The summed E-state index contributed by atoms with van der Waals surface area (Å²) in [6.07, 6.45) is 1.88. The molecule has 0 aliphatic rings. The minimum absolute atomic E-state index is 0.254. The molecule has 0 unspecified atom stereocenters. The molecule has 0 radical (unpaired) electrons. The molecule has 5 heteroatoms. The van der Waals surface area contributed by atoms with E-state index in [1.165, 1.54) is 18.5 Å². The van der Waals surface area contributed by atoms with E-state index in [4.69, 9.17) is 4.42 Å². The topological polar surface area (TPSA) is 55.1 Å². The largest absolute Gasteiger partial charge is 0.443 e. The summed E-state index contributed by atoms with van der Waals surface area (Å²) in [6.45, 7) is 0.425. The Labute approximate surface area is 155 Å². The van der Waals surface area contributed by atoms with Gasteiger partial charge >= 0.3 is 0 Å². The van der Waals surface area contributed by atoms with Crippen molar-refractivity contribution in [1.29, 1.82) is 0 Å². The standard InChI is InChI=1S/C22H17FN2O2/c23-19-9-5-15(6-10-19)11-12-24-22(26)20-21(27-14-25-20)18-8-7-16-3-1-2-4-17(16)13-18/h1-10,13-14H,11-12H2,(H,24,26). The van der Waals surface area contributed by atoms with Gasteiger partial charge in [-0.1, -0.05) is 48.5 Å². The number of fused-ring (bicyclic) bond motifs is 1. The molecular weight excluding hydrogens is 343 g/mol. The second-order valence-electron chi connectivity index (χ2n) is 6.22. The number of nitrogens with zero attached hydrogens (tertiary/aromatic N) is 1. The van der Waals surface area contributed by atoms with Crippen molar-refractivity contribution in [1.82, 2.24) is 10.3 Å². The molecule has 3 aromatic carbocycles. The monoisotopic (exact) mass is 360 g/mol. The highest BCUT2D eigenvalue weighted by atomic mass is 19.1. The smallest absolute Gasteiger partial charge is 0.273 e. The average Bonchev–Trinajstić information content (AvgIpc) is 3.19. The van der Waals surface area contributed by atoms with Crippen molar-refractivity contribution in [2.45, 2.75) is 6.42 Å². The van der Waals surface area contributed by atoms with E-state index in [0.717, 1.165) is 21.9 Å². The van der Waals surface area contributed by atoms with Crippen LogP contribution in [0.4, 0.5) is 4.39 Å². The summed E-state index contributed by atoms with van der Waals surface area (Å²) < 4.78 is 18.4. The summed E-state index contributed by atoms with van der Waals surface area (Å²) >= 11 is 0. The van der Waals surface area contributed by atoms with Gasteiger partial charge in [-0.25, -0.2) is 9.37 Å². The molecule has 0 saturated heterocycles. The molecule has 0 aliphatic heterocycles. The Bertz CT molecular complexity index is 1090. The summed E-state index contributed by atoms with van der Waals surface area (Å²) in [5.74, 6) is -0.125. The average molecular weight is 360 g/mol. The fraction of sp³-hybridized carbons (Fsp3) is 0.0909. The highest BCUT2D eigenvalue weighted by molar-refractivity contribution is 5.98. The lowest BCUT2D eigenvalue weighted by molar-refractivity contribution is 0.0950. The first-order valence-electron chi connectivity index (χ1n) is 8.66. The number of halogens is 1. The van der Waals surface area contributed by atoms with Gasteiger partial charge in [0.2, 0.25) is 0 Å². The predicted octanol–water partition coefficient (Wildman–Crippen LogP) is 4.61. The molecule has 0 spiro atoms. The van der Waals surface area contributed by atoms with Crippen LogP contribution in [0.5, 0.6) is 0 Å². The van der Waals surface area contributed by atoms with E-state index in [0.29, 0.717) is 18.7 Å². The van der Waals surface area contributed by atoms with Crippen LogP contribution in [0.2, 0.25) is 0 Å². The lowest BCUT2D eigenvalue weighted by Crippen LogP contribution is -2.26. The lowest BCUT2D eigenvalue weighted by atomic mass is 10.0. The quantitative estimate of drug-likeness (QED) is 0.566. The van der Waals surface area contributed by atoms with Gasteiger partial charge in [-0.2, -0.15) is 0 Å². The summed E-state index contributed by atoms with van der Waals surface area (Å²) in [5, 5.41) is 5.02. The van der Waals surface area contributed by atoms with Crippen molar-refractivity contribution in [3.63, 3.8) is 0 Å². The van der Waals surface area contributed by atoms with Crippen LogP contribution in [0.1, 0.15) is 16.1 Å². The van der Waals surface area contributed by atoms with Crippen molar-refractivity contribution in [2.24, 2.45) is 0 Å². The third-order valence-corrected chi connectivity index (χ3v) is 4.41. The second kappa shape index (κ2) is 7.41. The SMILES string of the molecule is O=C(NCCc1ccc(F)cc1)c1ncoc1-c1ccc2ccccc2c1. The third-order valence-electron chi connectivity index (χ3n) is 4.41. The molecule has 0 aliphatic carbocycles. The van der Waals surface area contributed by atoms with Crippen molar-refractivity contribution in [2.75, 3.05) is 6.54 Å². The van der Waals surface area contributed by atoms with Crippen LogP contribution in [0.25, 0.3) is 22.1 Å². The minimum atomic E-state index is -0.297. The molecule has 1 heterocycles. The van der Waals surface area contributed by atoms with Crippen LogP contribution in [0, 0.1) is 5.82 Å². The van der Waals surface area contributed by atoms with Crippen LogP contribution in [-0.4, -0.2) is 17.4 Å². The van der Waals surface area contributed by atoms with Crippen LogP contribution in [-0.2, 0) is 6.42 Å². The maximum Gasteiger partial charge on any atom is 0.273 e. The zero-order chi connectivity index (χ0) is 18.6. The van der Waals surface area contributed by atoms with Crippen molar-refractivity contribution in [3.05, 3.63) is 90.2 Å². The first kappa shape index (κ1) is 17.0. The molecule has 134 valence electrons. The molecule has 27 heavy (non-hydrogen) atoms. The summed E-state index contributed by atoms with van der Waals surface area (Å²) in [6, 6.07) is 20.1. The highest BCUT2D eigenvalue weighted by Gasteiger charge is 2.18. The molecule has 0 saturated carbocycles. The fourth-order valence-corrected chi connectivity index (χ4v) is 3.00. The molecule has 4 rings (SSSR count). The Kier molecular flexibility index (Phi) is 4.66. The molecule has 0 bridgehead atoms. The van der Waals surface area contributed by atoms with Gasteiger partial charge in [-0.15, -0.1) is 0 Å². The second-order valence-corrected chi connectivity index (χ2v) is 6.22. The number of carbonyl (C=O) groups is 1. The third kappa shape index (κ3) is 3.72. The normalized spacial score (nSPS) is 10.9. The Morgan fingerprint density at radius 3 is 2.59 bits per heavy atom. The number of aromatic nitrogens is 1. The van der Waals surface area contributed by atoms with E-state index in [1.54, 1.807) is 12.1 Å². The van der Waals surface area contributed by atoms with Gasteiger partial charge in [-0.05, 0) is 41.0 Å². The van der Waals surface area contributed by atoms with Gasteiger partial charge in [0.05, 0.1) is 0 Å². The van der Waals surface area contributed by atoms with Gasteiger partial charge in [0.1, 0.15) is 5.82 Å². The van der Waals surface area contributed by atoms with E-state index < -0.39 is 0 Å². The Hall–Kier alpha value is -3.47. The molecular formula is C22H17FN2O2. The number of rotatable bonds is 5. The van der Waals surface area contributed by atoms with Gasteiger partial charge in [0.25, 0.3) is 5.91 Å². The van der Waals surface area contributed by atoms with Gasteiger partial charge in [-0.3, -0.25) is 4.79 Å². The number of oxazole rings is 1.